The number of aryl methyl sites for hydroxylation is 2. The molecule has 1 fully saturated rings. The first kappa shape index (κ1) is 47.9. The molecule has 1 aliphatic heterocycles. The Hall–Kier alpha value is -6.60. The average molecular weight is 880 g/mol. The van der Waals surface area contributed by atoms with Crippen LogP contribution < -0.4 is 21.1 Å². The van der Waals surface area contributed by atoms with Crippen LogP contribution in [0.5, 0.6) is 5.75 Å². The van der Waals surface area contributed by atoms with Crippen molar-refractivity contribution < 1.29 is 29.3 Å². The molecular formula is C53H61N5O7. The first-order valence-corrected chi connectivity index (χ1v) is 22.0. The second kappa shape index (κ2) is 22.3. The zero-order valence-corrected chi connectivity index (χ0v) is 36.7. The largest absolute Gasteiger partial charge is 0.506 e. The van der Waals surface area contributed by atoms with Crippen LogP contribution in [0.3, 0.4) is 0 Å². The predicted molar refractivity (Wildman–Crippen MR) is 259 cm³/mol. The molecule has 340 valence electrons. The van der Waals surface area contributed by atoms with Crippen LogP contribution >= 0.6 is 0 Å². The average Bonchev–Trinajstić information content (AvgIpc) is 3.30. The highest BCUT2D eigenvalue weighted by atomic mass is 16.6. The van der Waals surface area contributed by atoms with E-state index in [1.54, 1.807) is 24.1 Å². The van der Waals surface area contributed by atoms with Gasteiger partial charge in [0.15, 0.2) is 5.78 Å². The number of fused-ring (bicyclic) bond motifs is 1. The van der Waals surface area contributed by atoms with E-state index in [9.17, 15) is 29.4 Å². The summed E-state index contributed by atoms with van der Waals surface area (Å²) in [6.07, 6.45) is 1.73. The lowest BCUT2D eigenvalue weighted by Gasteiger charge is -2.32. The minimum Gasteiger partial charge on any atom is -0.506 e. The third kappa shape index (κ3) is 12.6. The third-order valence-corrected chi connectivity index (χ3v) is 12.1. The number of amides is 2. The number of likely N-dealkylation sites (tertiary alicyclic amines) is 1. The molecule has 0 aliphatic carbocycles. The summed E-state index contributed by atoms with van der Waals surface area (Å²) in [5, 5.41) is 28.1. The number of carbonyl (C=O) groups excluding carboxylic acids is 3. The lowest BCUT2D eigenvalue weighted by molar-refractivity contribution is -0.118. The number of ketones is 1. The molecule has 7 rings (SSSR count). The van der Waals surface area contributed by atoms with Gasteiger partial charge >= 0.3 is 6.09 Å². The second-order valence-corrected chi connectivity index (χ2v) is 16.7. The molecule has 2 heterocycles. The topological polar surface area (TPSA) is 164 Å². The van der Waals surface area contributed by atoms with Crippen LogP contribution in [0.4, 0.5) is 16.2 Å². The van der Waals surface area contributed by atoms with Crippen LogP contribution in [-0.2, 0) is 22.4 Å². The van der Waals surface area contributed by atoms with Gasteiger partial charge in [0, 0.05) is 80.4 Å². The van der Waals surface area contributed by atoms with Gasteiger partial charge in [0.1, 0.15) is 11.9 Å². The molecule has 12 nitrogen and oxygen atoms in total. The molecule has 0 bridgehead atoms. The Balaban J connectivity index is 0.00000700. The van der Waals surface area contributed by atoms with Gasteiger partial charge < -0.3 is 35.1 Å². The number of Topliss-reactive ketones (excluding diaryl/α,β-unsaturated/α-hetero) is 1. The number of piperidine rings is 1. The number of pyridine rings is 1. The number of hydrogen-bond acceptors (Lipinski definition) is 9. The lowest BCUT2D eigenvalue weighted by Crippen LogP contribution is -2.40. The number of nitrogens with one attached hydrogen (secondary N) is 3. The number of aliphatic hydroxyl groups is 1. The Morgan fingerprint density at radius 3 is 2.40 bits per heavy atom. The van der Waals surface area contributed by atoms with Gasteiger partial charge in [0.05, 0.1) is 17.3 Å². The second-order valence-electron chi connectivity index (χ2n) is 16.7. The van der Waals surface area contributed by atoms with Crippen molar-refractivity contribution in [2.75, 3.05) is 43.4 Å². The molecule has 0 saturated carbocycles. The van der Waals surface area contributed by atoms with Crippen LogP contribution in [0.15, 0.2) is 126 Å². The maximum atomic E-state index is 13.5. The molecule has 12 heteroatoms. The summed E-state index contributed by atoms with van der Waals surface area (Å²) < 4.78 is 5.80. The number of aromatic hydroxyl groups is 1. The summed E-state index contributed by atoms with van der Waals surface area (Å²) in [6, 6.07) is 37.4. The molecular weight excluding hydrogens is 819 g/mol. The van der Waals surface area contributed by atoms with Gasteiger partial charge in [0.25, 0.3) is 0 Å². The summed E-state index contributed by atoms with van der Waals surface area (Å²) in [6.45, 7) is 6.27. The molecule has 0 spiro atoms. The number of aromatic nitrogens is 1. The molecule has 2 atom stereocenters. The van der Waals surface area contributed by atoms with Gasteiger partial charge in [-0.25, -0.2) is 4.79 Å². The van der Waals surface area contributed by atoms with E-state index in [0.717, 1.165) is 27.8 Å². The number of anilines is 2. The summed E-state index contributed by atoms with van der Waals surface area (Å²) in [4.78, 5) is 58.1. The minimum atomic E-state index is -0.858. The van der Waals surface area contributed by atoms with Crippen molar-refractivity contribution in [1.29, 1.82) is 0 Å². The first-order chi connectivity index (χ1) is 30.9. The van der Waals surface area contributed by atoms with E-state index in [1.165, 1.54) is 12.1 Å². The molecule has 1 aliphatic rings. The van der Waals surface area contributed by atoms with E-state index in [0.29, 0.717) is 91.6 Å². The quantitative estimate of drug-likeness (QED) is 0.0563. The molecule has 65 heavy (non-hydrogen) atoms. The molecule has 0 radical (unpaired) electrons. The number of rotatable bonds is 17. The number of phenolic OH excluding ortho intramolecular Hbond substituents is 1. The van der Waals surface area contributed by atoms with Gasteiger partial charge in [-0.1, -0.05) is 98.4 Å². The van der Waals surface area contributed by atoms with Crippen LogP contribution in [-0.4, -0.2) is 83.3 Å². The number of aromatic amines is 1. The van der Waals surface area contributed by atoms with Crippen LogP contribution in [0.1, 0.15) is 78.7 Å². The molecule has 2 amide bonds. The molecule has 1 aromatic heterocycles. The summed E-state index contributed by atoms with van der Waals surface area (Å²) in [5.74, 6) is -0.0877. The molecule has 5 aromatic carbocycles. The number of ether oxygens (including phenoxy) is 1. The van der Waals surface area contributed by atoms with Crippen molar-refractivity contribution in [2.45, 2.75) is 78.0 Å². The minimum absolute atomic E-state index is 0. The summed E-state index contributed by atoms with van der Waals surface area (Å²) in [5.41, 5.74) is 7.54. The zero-order valence-electron chi connectivity index (χ0n) is 36.7. The van der Waals surface area contributed by atoms with E-state index in [2.05, 4.69) is 32.7 Å². The Bertz CT molecular complexity index is 2640. The van der Waals surface area contributed by atoms with E-state index >= 15 is 0 Å². The van der Waals surface area contributed by atoms with Crippen LogP contribution in [0.2, 0.25) is 0 Å². The van der Waals surface area contributed by atoms with Gasteiger partial charge in [0.2, 0.25) is 11.5 Å². The maximum absolute atomic E-state index is 13.5. The molecule has 6 aromatic rings. The maximum Gasteiger partial charge on any atom is 0.411 e. The van der Waals surface area contributed by atoms with Crippen LogP contribution in [0, 0.1) is 6.92 Å². The van der Waals surface area contributed by atoms with Crippen molar-refractivity contribution in [3.05, 3.63) is 159 Å². The Morgan fingerprint density at radius 2 is 1.62 bits per heavy atom. The highest BCUT2D eigenvalue weighted by molar-refractivity contribution is 6.00. The predicted octanol–water partition coefficient (Wildman–Crippen LogP) is 8.98. The van der Waals surface area contributed by atoms with Gasteiger partial charge in [-0.3, -0.25) is 19.7 Å². The number of nitrogens with zero attached hydrogens (tertiary/aromatic N) is 2. The fourth-order valence-corrected chi connectivity index (χ4v) is 8.42. The van der Waals surface area contributed by atoms with E-state index < -0.39 is 12.2 Å². The summed E-state index contributed by atoms with van der Waals surface area (Å²) >= 11 is 0. The van der Waals surface area contributed by atoms with E-state index in [-0.39, 0.29) is 49.1 Å². The number of hydrogen-bond donors (Lipinski definition) is 5. The van der Waals surface area contributed by atoms with Crippen LogP contribution in [0.25, 0.3) is 22.0 Å². The van der Waals surface area contributed by atoms with Crippen molar-refractivity contribution in [2.24, 2.45) is 0 Å². The van der Waals surface area contributed by atoms with Gasteiger partial charge in [-0.05, 0) is 91.6 Å². The molecule has 5 N–H and O–H groups in total. The van der Waals surface area contributed by atoms with Crippen molar-refractivity contribution in [1.82, 2.24) is 15.2 Å². The molecule has 1 unspecified atom stereocenters. The summed E-state index contributed by atoms with van der Waals surface area (Å²) in [7, 11) is 1.76. The van der Waals surface area contributed by atoms with E-state index in [4.69, 9.17) is 4.74 Å². The van der Waals surface area contributed by atoms with Crippen molar-refractivity contribution in [3.63, 3.8) is 0 Å². The third-order valence-electron chi connectivity index (χ3n) is 12.1. The smallest absolute Gasteiger partial charge is 0.411 e. The van der Waals surface area contributed by atoms with Gasteiger partial charge in [-0.2, -0.15) is 0 Å². The molecule has 1 saturated heterocycles. The Morgan fingerprint density at radius 1 is 0.877 bits per heavy atom. The van der Waals surface area contributed by atoms with E-state index in [1.807, 2.05) is 98.8 Å². The number of aliphatic hydroxyl groups excluding tert-OH is 1. The highest BCUT2D eigenvalue weighted by Crippen LogP contribution is 2.30. The Labute approximate surface area is 381 Å². The first-order valence-electron chi connectivity index (χ1n) is 22.0. The Kier molecular flexibility index (Phi) is 16.5. The monoisotopic (exact) mass is 879 g/mol. The normalized spacial score (nSPS) is 14.0. The standard InChI is InChI=1S/C52H57N5O7.CH4/c1-34-16-18-39(46(58)21-17-36-10-9-11-37(31-36)30-35(2)53-33-48(60)42-19-22-47(59)51-43(42)20-23-49(61)55-51)32-45(34)56(3)50(62)26-29-57-27-24-40(25-28-57)64-52(63)54-44-15-8-7-14-41(44)38-12-5-4-6-13-38;/h4-16,18-20,22-23,31-32,35,40,48,53,59-60H,17,21,24-30,33H2,1-3H3,(H,54,63)(H,55,61);1H4/t35?,48-;/m0./s1. The number of H-pyrrole nitrogens is 1. The fourth-order valence-electron chi connectivity index (χ4n) is 8.42. The van der Waals surface area contributed by atoms with Gasteiger partial charge in [-0.15, -0.1) is 0 Å². The fraction of sp³-hybridized carbons (Fsp3) is 0.321. The lowest BCUT2D eigenvalue weighted by atomic mass is 9.98. The number of phenols is 1. The highest BCUT2D eigenvalue weighted by Gasteiger charge is 2.24. The van der Waals surface area contributed by atoms with Crippen molar-refractivity contribution in [3.8, 4) is 16.9 Å². The number of benzene rings is 5. The zero-order chi connectivity index (χ0) is 45.2. The number of carbonyl (C=O) groups is 3. The number of para-hydroxylation sites is 1. The van der Waals surface area contributed by atoms with Crippen molar-refractivity contribution >= 4 is 40.1 Å². The SMILES string of the molecule is C.Cc1ccc(C(=O)CCc2cccc(CC(C)NC[C@H](O)c3ccc(O)c4[nH]c(=O)ccc34)c2)cc1N(C)C(=O)CCN1CCC(OC(=O)Nc2ccccc2-c2ccccc2)CC1.